The van der Waals surface area contributed by atoms with Gasteiger partial charge < -0.3 is 15.7 Å². The average molecular weight is 352 g/mol. The summed E-state index contributed by atoms with van der Waals surface area (Å²) in [6.07, 6.45) is 3.47. The van der Waals surface area contributed by atoms with Crippen LogP contribution in [0.2, 0.25) is 0 Å². The SMILES string of the molecule is Cc1cc(Nc2nc3cccc(N[C@H]4CC[C@@H](O)CC4)n3n2)cc(C)n1. The first kappa shape index (κ1) is 16.8. The van der Waals surface area contributed by atoms with E-state index in [0.29, 0.717) is 12.0 Å². The molecule has 3 aromatic heterocycles. The summed E-state index contributed by atoms with van der Waals surface area (Å²) < 4.78 is 1.83. The minimum Gasteiger partial charge on any atom is -0.393 e. The number of pyridine rings is 2. The highest BCUT2D eigenvalue weighted by atomic mass is 16.3. The zero-order valence-electron chi connectivity index (χ0n) is 15.1. The lowest BCUT2D eigenvalue weighted by atomic mass is 9.93. The molecule has 0 aromatic carbocycles. The number of hydrogen-bond donors (Lipinski definition) is 3. The summed E-state index contributed by atoms with van der Waals surface area (Å²) in [7, 11) is 0. The van der Waals surface area contributed by atoms with Gasteiger partial charge in [0.05, 0.1) is 6.10 Å². The van der Waals surface area contributed by atoms with Crippen molar-refractivity contribution in [3.05, 3.63) is 41.7 Å². The molecule has 0 atom stereocenters. The lowest BCUT2D eigenvalue weighted by Crippen LogP contribution is -2.29. The first-order chi connectivity index (χ1) is 12.6. The number of fused-ring (bicyclic) bond motifs is 1. The number of aryl methyl sites for hydroxylation is 2. The zero-order chi connectivity index (χ0) is 18.1. The third-order valence-corrected chi connectivity index (χ3v) is 4.75. The smallest absolute Gasteiger partial charge is 0.247 e. The molecule has 0 spiro atoms. The highest BCUT2D eigenvalue weighted by Gasteiger charge is 2.20. The standard InChI is InChI=1S/C19H24N6O/c1-12-10-15(11-13(2)20-12)22-19-23-18-5-3-4-17(25(18)24-19)21-14-6-8-16(26)9-7-14/h3-5,10-11,14,16,21,26H,6-9H2,1-2H3,(H,20,22,24)/t14-,16+. The molecule has 0 aliphatic heterocycles. The van der Waals surface area contributed by atoms with Crippen LogP contribution >= 0.6 is 0 Å². The maximum Gasteiger partial charge on any atom is 0.247 e. The molecule has 4 rings (SSSR count). The van der Waals surface area contributed by atoms with Crippen LogP contribution < -0.4 is 10.6 Å². The van der Waals surface area contributed by atoms with E-state index in [0.717, 1.165) is 54.2 Å². The number of rotatable bonds is 4. The fourth-order valence-electron chi connectivity index (χ4n) is 3.53. The Morgan fingerprint density at radius 3 is 2.50 bits per heavy atom. The van der Waals surface area contributed by atoms with Crippen molar-refractivity contribution < 1.29 is 5.11 Å². The molecule has 3 heterocycles. The molecule has 1 saturated carbocycles. The second-order valence-electron chi connectivity index (χ2n) is 7.03. The van der Waals surface area contributed by atoms with E-state index in [2.05, 4.69) is 25.7 Å². The molecule has 0 bridgehead atoms. The van der Waals surface area contributed by atoms with Gasteiger partial charge in [-0.15, -0.1) is 5.10 Å². The number of anilines is 3. The van der Waals surface area contributed by atoms with Gasteiger partial charge in [0.1, 0.15) is 5.82 Å². The highest BCUT2D eigenvalue weighted by molar-refractivity contribution is 5.58. The van der Waals surface area contributed by atoms with E-state index in [4.69, 9.17) is 0 Å². The predicted molar refractivity (Wildman–Crippen MR) is 102 cm³/mol. The number of nitrogens with zero attached hydrogens (tertiary/aromatic N) is 4. The van der Waals surface area contributed by atoms with Gasteiger partial charge in [0.25, 0.3) is 0 Å². The van der Waals surface area contributed by atoms with E-state index >= 15 is 0 Å². The van der Waals surface area contributed by atoms with Crippen LogP contribution in [-0.2, 0) is 0 Å². The van der Waals surface area contributed by atoms with E-state index in [-0.39, 0.29) is 6.10 Å². The normalized spacial score (nSPS) is 20.3. The van der Waals surface area contributed by atoms with Gasteiger partial charge in [0.15, 0.2) is 5.65 Å². The Hall–Kier alpha value is -2.67. The molecular weight excluding hydrogens is 328 g/mol. The van der Waals surface area contributed by atoms with E-state index < -0.39 is 0 Å². The first-order valence-electron chi connectivity index (χ1n) is 9.09. The molecule has 1 aliphatic rings. The van der Waals surface area contributed by atoms with Gasteiger partial charge in [-0.1, -0.05) is 6.07 Å². The number of aromatic nitrogens is 4. The van der Waals surface area contributed by atoms with Crippen molar-refractivity contribution in [1.29, 1.82) is 0 Å². The molecule has 0 unspecified atom stereocenters. The number of nitrogens with one attached hydrogen (secondary N) is 2. The van der Waals surface area contributed by atoms with Gasteiger partial charge in [-0.25, -0.2) is 0 Å². The van der Waals surface area contributed by atoms with Gasteiger partial charge in [-0.05, 0) is 63.8 Å². The first-order valence-corrected chi connectivity index (χ1v) is 9.09. The Labute approximate surface area is 152 Å². The number of hydrogen-bond acceptors (Lipinski definition) is 6. The number of aliphatic hydroxyl groups is 1. The van der Waals surface area contributed by atoms with Crippen LogP contribution in [0.15, 0.2) is 30.3 Å². The molecule has 26 heavy (non-hydrogen) atoms. The van der Waals surface area contributed by atoms with Crippen LogP contribution in [0.1, 0.15) is 37.1 Å². The molecule has 3 aromatic rings. The zero-order valence-corrected chi connectivity index (χ0v) is 15.1. The Balaban J connectivity index is 1.57. The summed E-state index contributed by atoms with van der Waals surface area (Å²) in [5.41, 5.74) is 3.63. The van der Waals surface area contributed by atoms with Crippen molar-refractivity contribution in [2.75, 3.05) is 10.6 Å². The van der Waals surface area contributed by atoms with Gasteiger partial charge in [-0.3, -0.25) is 4.98 Å². The summed E-state index contributed by atoms with van der Waals surface area (Å²) in [6, 6.07) is 10.2. The summed E-state index contributed by atoms with van der Waals surface area (Å²) in [5.74, 6) is 1.48. The summed E-state index contributed by atoms with van der Waals surface area (Å²) in [5, 5.41) is 21.1. The van der Waals surface area contributed by atoms with E-state index in [1.54, 1.807) is 0 Å². The van der Waals surface area contributed by atoms with E-state index in [9.17, 15) is 5.11 Å². The fraction of sp³-hybridized carbons (Fsp3) is 0.421. The third-order valence-electron chi connectivity index (χ3n) is 4.75. The Morgan fingerprint density at radius 2 is 1.77 bits per heavy atom. The van der Waals surface area contributed by atoms with E-state index in [1.807, 2.05) is 48.7 Å². The molecule has 0 amide bonds. The minimum absolute atomic E-state index is 0.154. The van der Waals surface area contributed by atoms with E-state index in [1.165, 1.54) is 0 Å². The summed E-state index contributed by atoms with van der Waals surface area (Å²) >= 11 is 0. The fourth-order valence-corrected chi connectivity index (χ4v) is 3.53. The van der Waals surface area contributed by atoms with Crippen LogP contribution in [0, 0.1) is 13.8 Å². The van der Waals surface area contributed by atoms with Crippen LogP contribution in [-0.4, -0.2) is 36.8 Å². The molecule has 0 radical (unpaired) electrons. The number of aliphatic hydroxyl groups excluding tert-OH is 1. The highest BCUT2D eigenvalue weighted by Crippen LogP contribution is 2.23. The Bertz CT molecular complexity index is 893. The second kappa shape index (κ2) is 6.92. The van der Waals surface area contributed by atoms with Crippen LogP contribution in [0.25, 0.3) is 5.65 Å². The minimum atomic E-state index is -0.154. The van der Waals surface area contributed by atoms with Crippen molar-refractivity contribution in [1.82, 2.24) is 19.6 Å². The molecule has 136 valence electrons. The second-order valence-corrected chi connectivity index (χ2v) is 7.03. The van der Waals surface area contributed by atoms with Crippen LogP contribution in [0.5, 0.6) is 0 Å². The lowest BCUT2D eigenvalue weighted by molar-refractivity contribution is 0.126. The van der Waals surface area contributed by atoms with Gasteiger partial charge in [0, 0.05) is 23.1 Å². The maximum absolute atomic E-state index is 9.68. The summed E-state index contributed by atoms with van der Waals surface area (Å²) in [4.78, 5) is 8.96. The van der Waals surface area contributed by atoms with Gasteiger partial charge >= 0.3 is 0 Å². The molecule has 3 N–H and O–H groups in total. The quantitative estimate of drug-likeness (QED) is 0.668. The van der Waals surface area contributed by atoms with Crippen molar-refractivity contribution in [3.8, 4) is 0 Å². The molecule has 1 aliphatic carbocycles. The lowest BCUT2D eigenvalue weighted by Gasteiger charge is -2.26. The van der Waals surface area contributed by atoms with Gasteiger partial charge in [0.2, 0.25) is 5.95 Å². The predicted octanol–water partition coefficient (Wildman–Crippen LogP) is 3.20. The molecular formula is C19H24N6O. The maximum atomic E-state index is 9.68. The monoisotopic (exact) mass is 352 g/mol. The van der Waals surface area contributed by atoms with Crippen LogP contribution in [0.4, 0.5) is 17.5 Å². The van der Waals surface area contributed by atoms with Crippen molar-refractivity contribution >= 4 is 23.1 Å². The largest absolute Gasteiger partial charge is 0.393 e. The van der Waals surface area contributed by atoms with Crippen molar-refractivity contribution in [3.63, 3.8) is 0 Å². The Morgan fingerprint density at radius 1 is 1.04 bits per heavy atom. The topological polar surface area (TPSA) is 87.4 Å². The van der Waals surface area contributed by atoms with Crippen LogP contribution in [0.3, 0.4) is 0 Å². The molecule has 0 saturated heterocycles. The van der Waals surface area contributed by atoms with Gasteiger partial charge in [-0.2, -0.15) is 9.50 Å². The third kappa shape index (κ3) is 3.62. The molecule has 7 heteroatoms. The molecule has 1 fully saturated rings. The van der Waals surface area contributed by atoms with Crippen molar-refractivity contribution in [2.24, 2.45) is 0 Å². The molecule has 7 nitrogen and oxygen atoms in total. The summed E-state index contributed by atoms with van der Waals surface area (Å²) in [6.45, 7) is 3.94. The van der Waals surface area contributed by atoms with Crippen molar-refractivity contribution in [2.45, 2.75) is 51.7 Å². The average Bonchev–Trinajstić information content (AvgIpc) is 2.99. The Kier molecular flexibility index (Phi) is 4.46.